The van der Waals surface area contributed by atoms with Crippen LogP contribution in [0.1, 0.15) is 82.0 Å². The Labute approximate surface area is 212 Å². The fourth-order valence-corrected chi connectivity index (χ4v) is 4.86. The number of rotatable bonds is 13. The highest BCUT2D eigenvalue weighted by Crippen LogP contribution is 2.29. The molecule has 7 nitrogen and oxygen atoms in total. The van der Waals surface area contributed by atoms with E-state index in [1.54, 1.807) is 0 Å². The Morgan fingerprint density at radius 3 is 2.49 bits per heavy atom. The van der Waals surface area contributed by atoms with Gasteiger partial charge in [-0.15, -0.1) is 0 Å². The molecule has 1 aromatic carbocycles. The summed E-state index contributed by atoms with van der Waals surface area (Å²) in [6, 6.07) is 5.81. The number of ether oxygens (including phenoxy) is 1. The van der Waals surface area contributed by atoms with Crippen molar-refractivity contribution in [3.8, 4) is 0 Å². The number of carbonyl (C=O) groups excluding carboxylic acids is 2. The Bertz CT molecular complexity index is 786. The largest absolute Gasteiger partial charge is 0.379 e. The van der Waals surface area contributed by atoms with E-state index in [0.717, 1.165) is 89.6 Å². The van der Waals surface area contributed by atoms with Gasteiger partial charge in [-0.1, -0.05) is 39.5 Å². The summed E-state index contributed by atoms with van der Waals surface area (Å²) in [5, 5.41) is 6.14. The molecule has 2 N–H and O–H groups in total. The zero-order chi connectivity index (χ0) is 24.9. The highest BCUT2D eigenvalue weighted by Gasteiger charge is 2.22. The molecule has 0 unspecified atom stereocenters. The van der Waals surface area contributed by atoms with Gasteiger partial charge in [-0.3, -0.25) is 14.5 Å². The standard InChI is InChI=1S/C28H46N4O3/c1-3-4-5-6-7-9-27(33)30-24-10-11-26(32-16-12-23(2)13-17-32)25(22-24)28(34)29-14-8-15-31-18-20-35-21-19-31/h10-11,22-23H,3-9,12-21H2,1-2H3,(H,29,34)(H,30,33). The van der Waals surface area contributed by atoms with Crippen LogP contribution in [0.2, 0.25) is 0 Å². The zero-order valence-corrected chi connectivity index (χ0v) is 21.9. The average molecular weight is 487 g/mol. The first-order chi connectivity index (χ1) is 17.1. The molecule has 0 radical (unpaired) electrons. The molecule has 0 aromatic heterocycles. The number of hydrogen-bond acceptors (Lipinski definition) is 5. The SMILES string of the molecule is CCCCCCCC(=O)Nc1ccc(N2CCC(C)CC2)c(C(=O)NCCCN2CCOCC2)c1. The van der Waals surface area contributed by atoms with Crippen molar-refractivity contribution in [2.24, 2.45) is 5.92 Å². The first kappa shape index (κ1) is 27.5. The van der Waals surface area contributed by atoms with Crippen LogP contribution in [0.15, 0.2) is 18.2 Å². The van der Waals surface area contributed by atoms with Crippen LogP contribution >= 0.6 is 0 Å². The minimum absolute atomic E-state index is 0.0258. The third-order valence-corrected chi connectivity index (χ3v) is 7.20. The van der Waals surface area contributed by atoms with Gasteiger partial charge >= 0.3 is 0 Å². The van der Waals surface area contributed by atoms with Crippen molar-refractivity contribution in [1.82, 2.24) is 10.2 Å². The number of nitrogens with one attached hydrogen (secondary N) is 2. The molecule has 1 aromatic rings. The van der Waals surface area contributed by atoms with Crippen LogP contribution in [0.4, 0.5) is 11.4 Å². The molecular weight excluding hydrogens is 440 g/mol. The first-order valence-electron chi connectivity index (χ1n) is 13.8. The van der Waals surface area contributed by atoms with E-state index in [0.29, 0.717) is 24.2 Å². The minimum Gasteiger partial charge on any atom is -0.379 e. The second-order valence-electron chi connectivity index (χ2n) is 10.2. The van der Waals surface area contributed by atoms with Crippen molar-refractivity contribution in [1.29, 1.82) is 0 Å². The number of benzene rings is 1. The van der Waals surface area contributed by atoms with Gasteiger partial charge in [0.15, 0.2) is 0 Å². The number of hydrogen-bond donors (Lipinski definition) is 2. The highest BCUT2D eigenvalue weighted by molar-refractivity contribution is 6.02. The Morgan fingerprint density at radius 2 is 1.74 bits per heavy atom. The van der Waals surface area contributed by atoms with Crippen molar-refractivity contribution < 1.29 is 14.3 Å². The van der Waals surface area contributed by atoms with E-state index in [4.69, 9.17) is 4.74 Å². The lowest BCUT2D eigenvalue weighted by Gasteiger charge is -2.33. The van der Waals surface area contributed by atoms with E-state index < -0.39 is 0 Å². The summed E-state index contributed by atoms with van der Waals surface area (Å²) in [5.74, 6) is 0.689. The highest BCUT2D eigenvalue weighted by atomic mass is 16.5. The Balaban J connectivity index is 1.58. The summed E-state index contributed by atoms with van der Waals surface area (Å²) in [6.45, 7) is 11.5. The van der Waals surface area contributed by atoms with Gasteiger partial charge in [0, 0.05) is 50.5 Å². The second-order valence-corrected chi connectivity index (χ2v) is 10.2. The van der Waals surface area contributed by atoms with Crippen LogP contribution in [0.25, 0.3) is 0 Å². The molecule has 196 valence electrons. The molecule has 0 saturated carbocycles. The molecule has 2 aliphatic rings. The Hall–Kier alpha value is -2.12. The van der Waals surface area contributed by atoms with Gasteiger partial charge in [-0.05, 0) is 56.3 Å². The van der Waals surface area contributed by atoms with Gasteiger partial charge in [-0.25, -0.2) is 0 Å². The molecule has 2 fully saturated rings. The molecule has 0 atom stereocenters. The maximum absolute atomic E-state index is 13.2. The van der Waals surface area contributed by atoms with Gasteiger partial charge in [0.1, 0.15) is 0 Å². The van der Waals surface area contributed by atoms with Crippen molar-refractivity contribution in [3.63, 3.8) is 0 Å². The van der Waals surface area contributed by atoms with Crippen LogP contribution in [0.3, 0.4) is 0 Å². The molecular formula is C28H46N4O3. The third-order valence-electron chi connectivity index (χ3n) is 7.20. The van der Waals surface area contributed by atoms with Gasteiger partial charge in [0.25, 0.3) is 5.91 Å². The molecule has 2 heterocycles. The molecule has 2 saturated heterocycles. The smallest absolute Gasteiger partial charge is 0.253 e. The Morgan fingerprint density at radius 1 is 1.00 bits per heavy atom. The van der Waals surface area contributed by atoms with Crippen LogP contribution < -0.4 is 15.5 Å². The summed E-state index contributed by atoms with van der Waals surface area (Å²) >= 11 is 0. The fraction of sp³-hybridized carbons (Fsp3) is 0.714. The van der Waals surface area contributed by atoms with Crippen LogP contribution in [0, 0.1) is 5.92 Å². The third kappa shape index (κ3) is 9.45. The number of piperidine rings is 1. The van der Waals surface area contributed by atoms with Gasteiger partial charge < -0.3 is 20.3 Å². The summed E-state index contributed by atoms with van der Waals surface area (Å²) in [7, 11) is 0. The van der Waals surface area contributed by atoms with Crippen LogP contribution in [-0.4, -0.2) is 69.2 Å². The van der Waals surface area contributed by atoms with Crippen molar-refractivity contribution in [3.05, 3.63) is 23.8 Å². The molecule has 0 bridgehead atoms. The number of carbonyl (C=O) groups is 2. The predicted molar refractivity (Wildman–Crippen MR) is 143 cm³/mol. The molecule has 0 aliphatic carbocycles. The summed E-state index contributed by atoms with van der Waals surface area (Å²) < 4.78 is 5.41. The number of anilines is 2. The average Bonchev–Trinajstić information content (AvgIpc) is 2.87. The molecule has 2 aliphatic heterocycles. The zero-order valence-electron chi connectivity index (χ0n) is 21.9. The summed E-state index contributed by atoms with van der Waals surface area (Å²) in [5.41, 5.74) is 2.34. The summed E-state index contributed by atoms with van der Waals surface area (Å²) in [6.07, 6.45) is 9.32. The van der Waals surface area contributed by atoms with E-state index in [-0.39, 0.29) is 11.8 Å². The Kier molecular flexibility index (Phi) is 11.8. The maximum atomic E-state index is 13.2. The van der Waals surface area contributed by atoms with Crippen molar-refractivity contribution in [2.45, 2.75) is 71.6 Å². The maximum Gasteiger partial charge on any atom is 0.253 e. The van der Waals surface area contributed by atoms with E-state index in [9.17, 15) is 9.59 Å². The van der Waals surface area contributed by atoms with Crippen LogP contribution in [0.5, 0.6) is 0 Å². The predicted octanol–water partition coefficient (Wildman–Crippen LogP) is 4.67. The number of amides is 2. The molecule has 2 amide bonds. The normalized spacial score (nSPS) is 17.4. The topological polar surface area (TPSA) is 73.9 Å². The molecule has 7 heteroatoms. The van der Waals surface area contributed by atoms with Gasteiger partial charge in [0.2, 0.25) is 5.91 Å². The van der Waals surface area contributed by atoms with Crippen molar-refractivity contribution in [2.75, 3.05) is 62.7 Å². The lowest BCUT2D eigenvalue weighted by Crippen LogP contribution is -2.38. The molecule has 0 spiro atoms. The van der Waals surface area contributed by atoms with Crippen LogP contribution in [-0.2, 0) is 9.53 Å². The number of unbranched alkanes of at least 4 members (excludes halogenated alkanes) is 4. The second kappa shape index (κ2) is 15.1. The minimum atomic E-state index is -0.0590. The number of nitrogens with zero attached hydrogens (tertiary/aromatic N) is 2. The van der Waals surface area contributed by atoms with E-state index in [2.05, 4.69) is 34.3 Å². The van der Waals surface area contributed by atoms with E-state index in [1.807, 2.05) is 18.2 Å². The van der Waals surface area contributed by atoms with E-state index >= 15 is 0 Å². The summed E-state index contributed by atoms with van der Waals surface area (Å²) in [4.78, 5) is 30.4. The van der Waals surface area contributed by atoms with Gasteiger partial charge in [0.05, 0.1) is 18.8 Å². The fourth-order valence-electron chi connectivity index (χ4n) is 4.86. The lowest BCUT2D eigenvalue weighted by molar-refractivity contribution is -0.116. The van der Waals surface area contributed by atoms with Crippen molar-refractivity contribution >= 4 is 23.2 Å². The molecule has 35 heavy (non-hydrogen) atoms. The van der Waals surface area contributed by atoms with Gasteiger partial charge in [-0.2, -0.15) is 0 Å². The number of morpholine rings is 1. The first-order valence-corrected chi connectivity index (χ1v) is 13.8. The monoisotopic (exact) mass is 486 g/mol. The lowest BCUT2D eigenvalue weighted by atomic mass is 9.97. The van der Waals surface area contributed by atoms with E-state index in [1.165, 1.54) is 19.3 Å². The quantitative estimate of drug-likeness (QED) is 0.396. The molecule has 3 rings (SSSR count).